The lowest BCUT2D eigenvalue weighted by Gasteiger charge is -2.34. The van der Waals surface area contributed by atoms with Crippen molar-refractivity contribution < 1.29 is 14.3 Å². The maximum absolute atomic E-state index is 12.9. The Balaban J connectivity index is 1.35. The van der Waals surface area contributed by atoms with E-state index in [-0.39, 0.29) is 24.6 Å². The normalized spacial score (nSPS) is 19.0. The monoisotopic (exact) mass is 424 g/mol. The van der Waals surface area contributed by atoms with Gasteiger partial charge in [0.25, 0.3) is 5.88 Å². The minimum Gasteiger partial charge on any atom is -0.470 e. The third-order valence-corrected chi connectivity index (χ3v) is 5.57. The lowest BCUT2D eigenvalue weighted by Crippen LogP contribution is -2.48. The number of urea groups is 1. The van der Waals surface area contributed by atoms with E-state index in [4.69, 9.17) is 4.74 Å². The van der Waals surface area contributed by atoms with E-state index in [1.165, 1.54) is 0 Å². The Kier molecular flexibility index (Phi) is 6.20. The summed E-state index contributed by atoms with van der Waals surface area (Å²) < 4.78 is 6.10. The quantitative estimate of drug-likeness (QED) is 0.704. The Morgan fingerprint density at radius 3 is 2.68 bits per heavy atom. The highest BCUT2D eigenvalue weighted by molar-refractivity contribution is 5.96. The van der Waals surface area contributed by atoms with Gasteiger partial charge in [0.05, 0.1) is 6.54 Å². The molecule has 1 aromatic heterocycles. The minimum absolute atomic E-state index is 0.0523. The van der Waals surface area contributed by atoms with Crippen LogP contribution in [0.3, 0.4) is 0 Å². The number of hydrogen-bond acceptors (Lipinski definition) is 6. The fourth-order valence-electron chi connectivity index (χ4n) is 3.97. The number of carbonyl (C=O) groups is 2. The zero-order chi connectivity index (χ0) is 21.8. The topological polar surface area (TPSA) is 82.1 Å². The van der Waals surface area contributed by atoms with E-state index >= 15 is 0 Å². The summed E-state index contributed by atoms with van der Waals surface area (Å²) in [5, 5.41) is 0. The van der Waals surface area contributed by atoms with Crippen LogP contribution in [0.15, 0.2) is 42.7 Å². The van der Waals surface area contributed by atoms with Gasteiger partial charge < -0.3 is 19.4 Å². The molecule has 2 aromatic rings. The number of likely N-dealkylation sites (tertiary alicyclic amines) is 1. The Bertz CT molecular complexity index is 922. The molecule has 9 nitrogen and oxygen atoms in total. The van der Waals surface area contributed by atoms with Crippen LogP contribution in [0.5, 0.6) is 5.88 Å². The maximum atomic E-state index is 12.9. The molecule has 3 heterocycles. The standard InChI is InChI=1S/C22H28N6O3/c1-25(2)20-21(24-11-10-23-20)31-18-9-6-12-26(15-18)19(29)16-27-13-14-28(22(27)30)17-7-4-3-5-8-17/h3-5,7-8,10-11,18H,6,9,12-16H2,1-2H3. The zero-order valence-electron chi connectivity index (χ0n) is 18.0. The summed E-state index contributed by atoms with van der Waals surface area (Å²) in [4.78, 5) is 41.3. The maximum Gasteiger partial charge on any atom is 0.325 e. The van der Waals surface area contributed by atoms with Crippen molar-refractivity contribution in [1.29, 1.82) is 0 Å². The van der Waals surface area contributed by atoms with Gasteiger partial charge in [-0.1, -0.05) is 18.2 Å². The predicted molar refractivity (Wildman–Crippen MR) is 117 cm³/mol. The first-order valence-corrected chi connectivity index (χ1v) is 10.6. The Morgan fingerprint density at radius 1 is 1.13 bits per heavy atom. The highest BCUT2D eigenvalue weighted by atomic mass is 16.5. The molecule has 0 bridgehead atoms. The molecule has 0 aliphatic carbocycles. The van der Waals surface area contributed by atoms with Crippen LogP contribution < -0.4 is 14.5 Å². The average molecular weight is 425 g/mol. The summed E-state index contributed by atoms with van der Waals surface area (Å²) in [5.41, 5.74) is 0.856. The number of rotatable bonds is 6. The van der Waals surface area contributed by atoms with Crippen molar-refractivity contribution in [3.63, 3.8) is 0 Å². The van der Waals surface area contributed by atoms with Crippen molar-refractivity contribution in [1.82, 2.24) is 19.8 Å². The van der Waals surface area contributed by atoms with Crippen LogP contribution in [0, 0.1) is 0 Å². The van der Waals surface area contributed by atoms with Gasteiger partial charge in [-0.2, -0.15) is 0 Å². The van der Waals surface area contributed by atoms with Gasteiger partial charge in [-0.15, -0.1) is 0 Å². The summed E-state index contributed by atoms with van der Waals surface area (Å²) >= 11 is 0. The molecule has 2 aliphatic rings. The number of piperidine rings is 1. The SMILES string of the molecule is CN(C)c1nccnc1OC1CCCN(C(=O)CN2CCN(c3ccccc3)C2=O)C1. The number of nitrogens with zero attached hydrogens (tertiary/aromatic N) is 6. The number of amides is 3. The van der Waals surface area contributed by atoms with Gasteiger partial charge in [0, 0.05) is 51.8 Å². The van der Waals surface area contributed by atoms with Crippen LogP contribution in [0.25, 0.3) is 0 Å². The van der Waals surface area contributed by atoms with E-state index in [1.54, 1.807) is 27.1 Å². The van der Waals surface area contributed by atoms with Gasteiger partial charge in [0.15, 0.2) is 5.82 Å². The highest BCUT2D eigenvalue weighted by Crippen LogP contribution is 2.25. The molecule has 3 amide bonds. The molecule has 0 spiro atoms. The first kappa shape index (κ1) is 20.9. The molecule has 0 N–H and O–H groups in total. The van der Waals surface area contributed by atoms with Gasteiger partial charge in [-0.05, 0) is 25.0 Å². The molecule has 2 aliphatic heterocycles. The van der Waals surface area contributed by atoms with E-state index < -0.39 is 0 Å². The summed E-state index contributed by atoms with van der Waals surface area (Å²) in [5.74, 6) is 1.08. The van der Waals surface area contributed by atoms with Crippen molar-refractivity contribution in [2.24, 2.45) is 0 Å². The predicted octanol–water partition coefficient (Wildman–Crippen LogP) is 1.85. The van der Waals surface area contributed by atoms with Gasteiger partial charge in [0.1, 0.15) is 12.6 Å². The van der Waals surface area contributed by atoms with E-state index in [0.717, 1.165) is 18.5 Å². The molecular formula is C22H28N6O3. The van der Waals surface area contributed by atoms with Crippen molar-refractivity contribution in [3.8, 4) is 5.88 Å². The molecule has 1 aromatic carbocycles. The zero-order valence-corrected chi connectivity index (χ0v) is 18.0. The average Bonchev–Trinajstić information content (AvgIpc) is 3.15. The van der Waals surface area contributed by atoms with Crippen LogP contribution in [0.1, 0.15) is 12.8 Å². The first-order valence-electron chi connectivity index (χ1n) is 10.6. The smallest absolute Gasteiger partial charge is 0.325 e. The molecule has 0 radical (unpaired) electrons. The van der Waals surface area contributed by atoms with Gasteiger partial charge >= 0.3 is 6.03 Å². The molecule has 1 atom stereocenters. The highest BCUT2D eigenvalue weighted by Gasteiger charge is 2.33. The number of aromatic nitrogens is 2. The molecule has 2 saturated heterocycles. The fraction of sp³-hybridized carbons (Fsp3) is 0.455. The van der Waals surface area contributed by atoms with Crippen molar-refractivity contribution in [2.75, 3.05) is 56.6 Å². The van der Waals surface area contributed by atoms with Gasteiger partial charge in [0.2, 0.25) is 5.91 Å². The van der Waals surface area contributed by atoms with Gasteiger partial charge in [-0.3, -0.25) is 9.69 Å². The lowest BCUT2D eigenvalue weighted by molar-refractivity contribution is -0.134. The molecule has 0 saturated carbocycles. The number of hydrogen-bond donors (Lipinski definition) is 0. The molecular weight excluding hydrogens is 396 g/mol. The minimum atomic E-state index is -0.150. The van der Waals surface area contributed by atoms with Gasteiger partial charge in [-0.25, -0.2) is 14.8 Å². The number of para-hydroxylation sites is 1. The summed E-state index contributed by atoms with van der Waals surface area (Å²) in [6.45, 7) is 2.36. The van der Waals surface area contributed by atoms with Crippen molar-refractivity contribution in [2.45, 2.75) is 18.9 Å². The van der Waals surface area contributed by atoms with Crippen LogP contribution in [-0.4, -0.2) is 84.6 Å². The van der Waals surface area contributed by atoms with Crippen molar-refractivity contribution >= 4 is 23.4 Å². The Labute approximate surface area is 182 Å². The van der Waals surface area contributed by atoms with E-state index in [1.807, 2.05) is 49.3 Å². The van der Waals surface area contributed by atoms with E-state index in [0.29, 0.717) is 37.9 Å². The third-order valence-electron chi connectivity index (χ3n) is 5.57. The largest absolute Gasteiger partial charge is 0.470 e. The fourth-order valence-corrected chi connectivity index (χ4v) is 3.97. The van der Waals surface area contributed by atoms with Crippen LogP contribution in [0.4, 0.5) is 16.3 Å². The third kappa shape index (κ3) is 4.70. The number of benzene rings is 1. The van der Waals surface area contributed by atoms with E-state index in [2.05, 4.69) is 9.97 Å². The summed E-state index contributed by atoms with van der Waals surface area (Å²) in [6, 6.07) is 9.42. The first-order chi connectivity index (χ1) is 15.0. The summed E-state index contributed by atoms with van der Waals surface area (Å²) in [7, 11) is 3.78. The van der Waals surface area contributed by atoms with Crippen LogP contribution in [-0.2, 0) is 4.79 Å². The molecule has 9 heteroatoms. The molecule has 1 unspecified atom stereocenters. The summed E-state index contributed by atoms with van der Waals surface area (Å²) in [6.07, 6.45) is 4.77. The second-order valence-corrected chi connectivity index (χ2v) is 7.99. The van der Waals surface area contributed by atoms with Crippen LogP contribution >= 0.6 is 0 Å². The van der Waals surface area contributed by atoms with E-state index in [9.17, 15) is 9.59 Å². The lowest BCUT2D eigenvalue weighted by atomic mass is 10.1. The Hall–Kier alpha value is -3.36. The molecule has 2 fully saturated rings. The Morgan fingerprint density at radius 2 is 1.90 bits per heavy atom. The second-order valence-electron chi connectivity index (χ2n) is 7.99. The molecule has 4 rings (SSSR count). The second kappa shape index (κ2) is 9.20. The van der Waals surface area contributed by atoms with Crippen LogP contribution in [0.2, 0.25) is 0 Å². The van der Waals surface area contributed by atoms with Crippen molar-refractivity contribution in [3.05, 3.63) is 42.7 Å². The molecule has 164 valence electrons. The number of anilines is 2. The number of carbonyl (C=O) groups excluding carboxylic acids is 2. The number of ether oxygens (including phenoxy) is 1. The molecule has 31 heavy (non-hydrogen) atoms.